The summed E-state index contributed by atoms with van der Waals surface area (Å²) in [5.74, 6) is 0.918. The van der Waals surface area contributed by atoms with Crippen molar-refractivity contribution < 1.29 is 13.9 Å². The number of ether oxygens (including phenoxy) is 2. The topological polar surface area (TPSA) is 74.3 Å². The zero-order valence-corrected chi connectivity index (χ0v) is 15.4. The largest absolute Gasteiger partial charge is 0.460 e. The molecular weight excluding hydrogens is 332 g/mol. The molecule has 4 rings (SSSR count). The molecule has 138 valence electrons. The first-order chi connectivity index (χ1) is 12.6. The van der Waals surface area contributed by atoms with E-state index in [1.807, 2.05) is 10.9 Å². The van der Waals surface area contributed by atoms with Crippen LogP contribution < -0.4 is 5.32 Å². The van der Waals surface area contributed by atoms with Gasteiger partial charge in [-0.05, 0) is 43.2 Å². The molecule has 1 aliphatic rings. The molecule has 2 aromatic heterocycles. The Morgan fingerprint density at radius 3 is 2.88 bits per heavy atom. The SMILES string of the molecule is CO[C@@H]1COC[C@H]1n1cc(CNCc2cc3cc(C)c(C)cc3o2)nn1. The summed E-state index contributed by atoms with van der Waals surface area (Å²) in [5.41, 5.74) is 4.34. The van der Waals surface area contributed by atoms with E-state index >= 15 is 0 Å². The number of hydrogen-bond donors (Lipinski definition) is 1. The van der Waals surface area contributed by atoms with Gasteiger partial charge in [-0.1, -0.05) is 5.21 Å². The molecule has 1 N–H and O–H groups in total. The first-order valence-corrected chi connectivity index (χ1v) is 8.85. The second-order valence-electron chi connectivity index (χ2n) is 6.86. The minimum absolute atomic E-state index is 0.0278. The number of furan rings is 1. The van der Waals surface area contributed by atoms with Crippen LogP contribution >= 0.6 is 0 Å². The Labute approximate surface area is 152 Å². The predicted octanol–water partition coefficient (Wildman–Crippen LogP) is 2.52. The highest BCUT2D eigenvalue weighted by atomic mass is 16.5. The maximum absolute atomic E-state index is 5.92. The van der Waals surface area contributed by atoms with Gasteiger partial charge in [0.15, 0.2) is 0 Å². The summed E-state index contributed by atoms with van der Waals surface area (Å²) < 4.78 is 18.7. The molecule has 0 saturated carbocycles. The quantitative estimate of drug-likeness (QED) is 0.732. The van der Waals surface area contributed by atoms with Crippen LogP contribution in [0.4, 0.5) is 0 Å². The molecular formula is C19H24N4O3. The van der Waals surface area contributed by atoms with Gasteiger partial charge in [-0.3, -0.25) is 0 Å². The van der Waals surface area contributed by atoms with Gasteiger partial charge in [0.2, 0.25) is 0 Å². The molecule has 1 saturated heterocycles. The first-order valence-electron chi connectivity index (χ1n) is 8.85. The third kappa shape index (κ3) is 3.38. The van der Waals surface area contributed by atoms with Crippen LogP contribution in [-0.4, -0.2) is 41.4 Å². The average molecular weight is 356 g/mol. The summed E-state index contributed by atoms with van der Waals surface area (Å²) in [5, 5.41) is 13.0. The van der Waals surface area contributed by atoms with E-state index in [-0.39, 0.29) is 12.1 Å². The van der Waals surface area contributed by atoms with Crippen molar-refractivity contribution in [3.63, 3.8) is 0 Å². The van der Waals surface area contributed by atoms with Gasteiger partial charge in [-0.25, -0.2) is 4.68 Å². The molecule has 0 amide bonds. The lowest BCUT2D eigenvalue weighted by Crippen LogP contribution is -2.24. The van der Waals surface area contributed by atoms with Crippen LogP contribution in [0.15, 0.2) is 28.8 Å². The molecule has 2 atom stereocenters. The van der Waals surface area contributed by atoms with Crippen LogP contribution in [0.25, 0.3) is 11.0 Å². The van der Waals surface area contributed by atoms with Gasteiger partial charge in [-0.2, -0.15) is 0 Å². The van der Waals surface area contributed by atoms with Gasteiger partial charge >= 0.3 is 0 Å². The molecule has 0 bridgehead atoms. The van der Waals surface area contributed by atoms with Crippen molar-refractivity contribution in [1.82, 2.24) is 20.3 Å². The number of nitrogens with one attached hydrogen (secondary N) is 1. The van der Waals surface area contributed by atoms with Crippen LogP contribution in [0.1, 0.15) is 28.6 Å². The molecule has 0 aliphatic carbocycles. The van der Waals surface area contributed by atoms with E-state index in [0.717, 1.165) is 22.4 Å². The third-order valence-corrected chi connectivity index (χ3v) is 4.99. The van der Waals surface area contributed by atoms with E-state index < -0.39 is 0 Å². The molecule has 3 heterocycles. The van der Waals surface area contributed by atoms with Crippen molar-refractivity contribution in [2.75, 3.05) is 20.3 Å². The van der Waals surface area contributed by atoms with Gasteiger partial charge in [0.1, 0.15) is 23.5 Å². The number of aryl methyl sites for hydroxylation is 2. The van der Waals surface area contributed by atoms with Crippen molar-refractivity contribution in [2.45, 2.75) is 39.1 Å². The molecule has 26 heavy (non-hydrogen) atoms. The Bertz CT molecular complexity index is 862. The number of methoxy groups -OCH3 is 1. The van der Waals surface area contributed by atoms with Crippen molar-refractivity contribution in [3.8, 4) is 0 Å². The summed E-state index contributed by atoms with van der Waals surface area (Å²) in [6.07, 6.45) is 1.98. The fourth-order valence-electron chi connectivity index (χ4n) is 3.31. The summed E-state index contributed by atoms with van der Waals surface area (Å²) in [6.45, 7) is 6.69. The summed E-state index contributed by atoms with van der Waals surface area (Å²) in [6, 6.07) is 6.43. The monoisotopic (exact) mass is 356 g/mol. The van der Waals surface area contributed by atoms with E-state index in [0.29, 0.717) is 26.3 Å². The van der Waals surface area contributed by atoms with Gasteiger partial charge in [0.05, 0.1) is 31.6 Å². The molecule has 0 spiro atoms. The molecule has 1 fully saturated rings. The number of hydrogen-bond acceptors (Lipinski definition) is 6. The molecule has 7 heteroatoms. The van der Waals surface area contributed by atoms with Crippen molar-refractivity contribution in [3.05, 3.63) is 47.0 Å². The predicted molar refractivity (Wildman–Crippen MR) is 96.9 cm³/mol. The number of fused-ring (bicyclic) bond motifs is 1. The second-order valence-corrected chi connectivity index (χ2v) is 6.86. The fraction of sp³-hybridized carbons (Fsp3) is 0.474. The van der Waals surface area contributed by atoms with Crippen LogP contribution in [0, 0.1) is 13.8 Å². The Morgan fingerprint density at radius 2 is 2.04 bits per heavy atom. The van der Waals surface area contributed by atoms with Crippen LogP contribution in [-0.2, 0) is 22.6 Å². The van der Waals surface area contributed by atoms with Crippen LogP contribution in [0.2, 0.25) is 0 Å². The molecule has 0 radical (unpaired) electrons. The lowest BCUT2D eigenvalue weighted by atomic mass is 10.1. The van der Waals surface area contributed by atoms with Gasteiger partial charge < -0.3 is 19.2 Å². The maximum atomic E-state index is 5.92. The summed E-state index contributed by atoms with van der Waals surface area (Å²) in [7, 11) is 1.70. The van der Waals surface area contributed by atoms with Gasteiger partial charge in [0, 0.05) is 19.0 Å². The van der Waals surface area contributed by atoms with E-state index in [2.05, 4.69) is 47.7 Å². The minimum Gasteiger partial charge on any atom is -0.460 e. The Morgan fingerprint density at radius 1 is 1.19 bits per heavy atom. The summed E-state index contributed by atoms with van der Waals surface area (Å²) in [4.78, 5) is 0. The lowest BCUT2D eigenvalue weighted by molar-refractivity contribution is 0.0661. The van der Waals surface area contributed by atoms with Gasteiger partial charge in [0.25, 0.3) is 0 Å². The number of rotatable bonds is 6. The van der Waals surface area contributed by atoms with Crippen LogP contribution in [0.5, 0.6) is 0 Å². The highest BCUT2D eigenvalue weighted by Crippen LogP contribution is 2.23. The molecule has 0 unspecified atom stereocenters. The number of aromatic nitrogens is 3. The van der Waals surface area contributed by atoms with Crippen molar-refractivity contribution in [1.29, 1.82) is 0 Å². The second kappa shape index (κ2) is 7.19. The highest BCUT2D eigenvalue weighted by Gasteiger charge is 2.30. The summed E-state index contributed by atoms with van der Waals surface area (Å²) >= 11 is 0. The number of benzene rings is 1. The van der Waals surface area contributed by atoms with Crippen molar-refractivity contribution in [2.24, 2.45) is 0 Å². The maximum Gasteiger partial charge on any atom is 0.134 e. The Balaban J connectivity index is 1.36. The van der Waals surface area contributed by atoms with E-state index in [4.69, 9.17) is 13.9 Å². The van der Waals surface area contributed by atoms with Gasteiger partial charge in [-0.15, -0.1) is 5.10 Å². The standard InChI is InChI=1S/C19H24N4O3/c1-12-4-14-6-16(26-18(14)5-13(12)2)8-20-7-15-9-23(22-21-15)17-10-25-11-19(17)24-3/h4-6,9,17,19-20H,7-8,10-11H2,1-3H3/t17-,19-/m1/s1. The van der Waals surface area contributed by atoms with Crippen LogP contribution in [0.3, 0.4) is 0 Å². The zero-order chi connectivity index (χ0) is 18.1. The average Bonchev–Trinajstić information content (AvgIpc) is 3.34. The first kappa shape index (κ1) is 17.2. The smallest absolute Gasteiger partial charge is 0.134 e. The van der Waals surface area contributed by atoms with E-state index in [9.17, 15) is 0 Å². The van der Waals surface area contributed by atoms with E-state index in [1.165, 1.54) is 11.1 Å². The van der Waals surface area contributed by atoms with Crippen molar-refractivity contribution >= 4 is 11.0 Å². The number of nitrogens with zero attached hydrogens (tertiary/aromatic N) is 3. The van der Waals surface area contributed by atoms with E-state index in [1.54, 1.807) is 7.11 Å². The molecule has 1 aromatic carbocycles. The highest BCUT2D eigenvalue weighted by molar-refractivity contribution is 5.79. The Hall–Kier alpha value is -2.22. The third-order valence-electron chi connectivity index (χ3n) is 4.99. The Kier molecular flexibility index (Phi) is 4.76. The molecule has 3 aromatic rings. The fourth-order valence-corrected chi connectivity index (χ4v) is 3.31. The zero-order valence-electron chi connectivity index (χ0n) is 15.4. The molecule has 7 nitrogen and oxygen atoms in total. The lowest BCUT2D eigenvalue weighted by Gasteiger charge is -2.15. The minimum atomic E-state index is 0.0278. The molecule has 1 aliphatic heterocycles. The normalized spacial score (nSPS) is 20.3.